The van der Waals surface area contributed by atoms with Gasteiger partial charge >= 0.3 is 0 Å². The van der Waals surface area contributed by atoms with Gasteiger partial charge in [0.1, 0.15) is 17.2 Å². The van der Waals surface area contributed by atoms with Crippen LogP contribution in [0.3, 0.4) is 0 Å². The Morgan fingerprint density at radius 1 is 0.895 bits per heavy atom. The number of benzene rings is 3. The van der Waals surface area contributed by atoms with Gasteiger partial charge in [-0.15, -0.1) is 12.8 Å². The van der Waals surface area contributed by atoms with Crippen molar-refractivity contribution in [3.63, 3.8) is 0 Å². The minimum Gasteiger partial charge on any atom is -0.341 e. The first kappa shape index (κ1) is 26.9. The Kier molecular flexibility index (Phi) is 8.76. The highest BCUT2D eigenvalue weighted by Crippen LogP contribution is 2.26. The lowest BCUT2D eigenvalue weighted by Gasteiger charge is -2.09. The fourth-order valence-corrected chi connectivity index (χ4v) is 4.37. The van der Waals surface area contributed by atoms with Crippen LogP contribution in [0, 0.1) is 30.5 Å². The van der Waals surface area contributed by atoms with Crippen molar-refractivity contribution in [1.82, 2.24) is 30.6 Å². The summed E-state index contributed by atoms with van der Waals surface area (Å²) in [7, 11) is 0. The van der Waals surface area contributed by atoms with E-state index in [-0.39, 0.29) is 11.9 Å². The largest absolute Gasteiger partial charge is 0.341 e. The minimum atomic E-state index is -0.368. The average molecular weight is 509 g/mol. The van der Waals surface area contributed by atoms with Gasteiger partial charge in [-0.1, -0.05) is 37.8 Å². The third-order valence-electron chi connectivity index (χ3n) is 6.26. The van der Waals surface area contributed by atoms with Crippen LogP contribution in [-0.4, -0.2) is 33.0 Å². The number of nitrogens with one attached hydrogen (secondary N) is 4. The summed E-state index contributed by atoms with van der Waals surface area (Å²) in [4.78, 5) is 15.9. The Hall–Kier alpha value is -4.17. The van der Waals surface area contributed by atoms with Crippen molar-refractivity contribution in [3.8, 4) is 24.7 Å². The summed E-state index contributed by atoms with van der Waals surface area (Å²) < 4.78 is 14.7. The first-order chi connectivity index (χ1) is 18.6. The molecule has 38 heavy (non-hydrogen) atoms. The molecule has 0 fully saturated rings. The Labute approximate surface area is 222 Å². The van der Waals surface area contributed by atoms with Crippen molar-refractivity contribution in [1.29, 1.82) is 0 Å². The maximum absolute atomic E-state index is 14.7. The smallest absolute Gasteiger partial charge is 0.152 e. The molecule has 2 aromatic heterocycles. The van der Waals surface area contributed by atoms with Gasteiger partial charge in [-0.2, -0.15) is 0 Å². The second kappa shape index (κ2) is 12.4. The van der Waals surface area contributed by atoms with Crippen molar-refractivity contribution in [2.45, 2.75) is 46.2 Å². The first-order valence-electron chi connectivity index (χ1n) is 13.0. The topological polar surface area (TPSA) is 81.4 Å². The van der Waals surface area contributed by atoms with E-state index >= 15 is 0 Å². The number of terminal acetylenes is 1. The van der Waals surface area contributed by atoms with Crippen molar-refractivity contribution in [2.24, 2.45) is 0 Å². The molecule has 5 aromatic rings. The van der Waals surface area contributed by atoms with Crippen molar-refractivity contribution < 1.29 is 4.39 Å². The molecule has 0 bridgehead atoms. The zero-order chi connectivity index (χ0) is 27.1. The number of H-pyrrole nitrogens is 2. The second-order valence-corrected chi connectivity index (χ2v) is 9.16. The Morgan fingerprint density at radius 3 is 2.47 bits per heavy atom. The van der Waals surface area contributed by atoms with Gasteiger partial charge in [0.25, 0.3) is 0 Å². The SMILES string of the molecule is C#C.CCCNCc1nc2c(F)cc(C#Cc3ccc4c(ccc5[nH]c(C(C)NCCC)nc54)c3)cc2[nH]1. The van der Waals surface area contributed by atoms with Gasteiger partial charge in [0.05, 0.1) is 29.1 Å². The molecule has 0 saturated heterocycles. The Balaban J connectivity index is 0.00000164. The summed E-state index contributed by atoms with van der Waals surface area (Å²) in [5.74, 6) is 7.59. The van der Waals surface area contributed by atoms with Gasteiger partial charge in [-0.25, -0.2) is 14.4 Å². The van der Waals surface area contributed by atoms with Crippen LogP contribution in [0.1, 0.15) is 62.4 Å². The third kappa shape index (κ3) is 5.86. The van der Waals surface area contributed by atoms with E-state index in [1.807, 2.05) is 12.1 Å². The summed E-state index contributed by atoms with van der Waals surface area (Å²) in [5, 5.41) is 8.91. The van der Waals surface area contributed by atoms with Gasteiger partial charge in [0.2, 0.25) is 0 Å². The van der Waals surface area contributed by atoms with E-state index in [1.165, 1.54) is 6.07 Å². The number of fused-ring (bicyclic) bond motifs is 4. The molecule has 6 nitrogen and oxygen atoms in total. The van der Waals surface area contributed by atoms with Gasteiger partial charge in [-0.3, -0.25) is 0 Å². The normalized spacial score (nSPS) is 11.7. The first-order valence-corrected chi connectivity index (χ1v) is 13.0. The lowest BCUT2D eigenvalue weighted by atomic mass is 10.1. The molecule has 0 radical (unpaired) electrons. The van der Waals surface area contributed by atoms with Crippen LogP contribution in [0.25, 0.3) is 32.8 Å². The van der Waals surface area contributed by atoms with Crippen LogP contribution in [0.4, 0.5) is 4.39 Å². The highest BCUT2D eigenvalue weighted by Gasteiger charge is 2.12. The Morgan fingerprint density at radius 2 is 1.68 bits per heavy atom. The van der Waals surface area contributed by atoms with Gasteiger partial charge < -0.3 is 20.6 Å². The summed E-state index contributed by atoms with van der Waals surface area (Å²) in [6, 6.07) is 13.7. The van der Waals surface area contributed by atoms with Crippen molar-refractivity contribution >= 4 is 32.8 Å². The molecule has 7 heteroatoms. The van der Waals surface area contributed by atoms with Gasteiger partial charge in [-0.05, 0) is 68.6 Å². The highest BCUT2D eigenvalue weighted by atomic mass is 19.1. The van der Waals surface area contributed by atoms with E-state index in [0.717, 1.165) is 64.9 Å². The van der Waals surface area contributed by atoms with Crippen LogP contribution in [0.2, 0.25) is 0 Å². The number of halogens is 1. The predicted molar refractivity (Wildman–Crippen MR) is 154 cm³/mol. The van der Waals surface area contributed by atoms with E-state index in [0.29, 0.717) is 23.1 Å². The monoisotopic (exact) mass is 508 g/mol. The number of hydrogen-bond acceptors (Lipinski definition) is 4. The standard InChI is InChI=1S/C29H31FN6.C2H2/c1-4-12-31-17-26-33-25-16-20(15-23(30)28(25)35-26)7-6-19-8-10-22-21(14-19)9-11-24-27(22)36-29(34-24)18(3)32-13-5-2;1-2/h8-11,14-16,18,31-32H,4-5,12-13,17H2,1-3H3,(H,33,35)(H,34,36);1-2H. The van der Waals surface area contributed by atoms with Crippen molar-refractivity contribution in [2.75, 3.05) is 13.1 Å². The van der Waals surface area contributed by atoms with Crippen LogP contribution < -0.4 is 10.6 Å². The molecule has 1 atom stereocenters. The number of nitrogens with zero attached hydrogens (tertiary/aromatic N) is 2. The van der Waals surface area contributed by atoms with Crippen LogP contribution in [0.5, 0.6) is 0 Å². The lowest BCUT2D eigenvalue weighted by Crippen LogP contribution is -2.20. The number of aromatic amines is 2. The number of hydrogen-bond donors (Lipinski definition) is 4. The van der Waals surface area contributed by atoms with Crippen molar-refractivity contribution in [3.05, 3.63) is 71.1 Å². The molecule has 0 spiro atoms. The quantitative estimate of drug-likeness (QED) is 0.154. The van der Waals surface area contributed by atoms with Gasteiger partial charge in [0.15, 0.2) is 5.82 Å². The summed E-state index contributed by atoms with van der Waals surface area (Å²) in [6.07, 6.45) is 10.1. The summed E-state index contributed by atoms with van der Waals surface area (Å²) in [6.45, 7) is 8.81. The van der Waals surface area contributed by atoms with Crippen LogP contribution >= 0.6 is 0 Å². The van der Waals surface area contributed by atoms with E-state index < -0.39 is 0 Å². The fraction of sp³-hybridized carbons (Fsp3) is 0.290. The molecule has 4 N–H and O–H groups in total. The maximum atomic E-state index is 14.7. The van der Waals surface area contributed by atoms with Gasteiger partial charge in [0, 0.05) is 16.5 Å². The molecule has 2 heterocycles. The molecular weight excluding hydrogens is 475 g/mol. The molecule has 0 saturated carbocycles. The van der Waals surface area contributed by atoms with Crippen LogP contribution in [-0.2, 0) is 6.54 Å². The molecule has 0 amide bonds. The van der Waals surface area contributed by atoms with E-state index in [4.69, 9.17) is 4.98 Å². The molecule has 5 rings (SSSR count). The predicted octanol–water partition coefficient (Wildman–Crippen LogP) is 5.94. The molecule has 0 aliphatic carbocycles. The maximum Gasteiger partial charge on any atom is 0.152 e. The zero-order valence-electron chi connectivity index (χ0n) is 22.1. The molecular formula is C31H33FN6. The minimum absolute atomic E-state index is 0.161. The summed E-state index contributed by atoms with van der Waals surface area (Å²) in [5.41, 5.74) is 4.46. The zero-order valence-corrected chi connectivity index (χ0v) is 22.1. The molecule has 0 aliphatic rings. The Bertz CT molecular complexity index is 1630. The lowest BCUT2D eigenvalue weighted by molar-refractivity contribution is 0.550. The third-order valence-corrected chi connectivity index (χ3v) is 6.26. The van der Waals surface area contributed by atoms with E-state index in [1.54, 1.807) is 0 Å². The van der Waals surface area contributed by atoms with Crippen LogP contribution in [0.15, 0.2) is 42.5 Å². The second-order valence-electron chi connectivity index (χ2n) is 9.16. The number of rotatable bonds is 8. The molecule has 0 aliphatic heterocycles. The molecule has 1 unspecified atom stereocenters. The summed E-state index contributed by atoms with van der Waals surface area (Å²) >= 11 is 0. The highest BCUT2D eigenvalue weighted by molar-refractivity contribution is 6.04. The van der Waals surface area contributed by atoms with E-state index in [2.05, 4.69) is 95.3 Å². The molecule has 3 aromatic carbocycles. The number of aromatic nitrogens is 4. The van der Waals surface area contributed by atoms with E-state index in [9.17, 15) is 4.39 Å². The fourth-order valence-electron chi connectivity index (χ4n) is 4.37. The molecule has 194 valence electrons. The average Bonchev–Trinajstić information content (AvgIpc) is 3.56. The number of imidazole rings is 2.